The van der Waals surface area contributed by atoms with E-state index in [2.05, 4.69) is 25.4 Å². The zero-order chi connectivity index (χ0) is 20.7. The molecule has 0 aliphatic heterocycles. The summed E-state index contributed by atoms with van der Waals surface area (Å²) < 4.78 is 5.55. The molecule has 0 unspecified atom stereocenters. The maximum atomic E-state index is 9.85. The predicted molar refractivity (Wildman–Crippen MR) is 114 cm³/mol. The quantitative estimate of drug-likeness (QED) is 0.466. The number of rotatable bonds is 5. The summed E-state index contributed by atoms with van der Waals surface area (Å²) >= 11 is 0. The van der Waals surface area contributed by atoms with E-state index in [0.717, 1.165) is 53.9 Å². The standard InChI is InChI=1S/C20H25N9O/c1-27-11-14(9-21-27)24-20-25-17-7-8-29(15-10-22-28(2)12-15)18(17)19(26-20)23-13-3-5-16(30)6-4-13/h7-13,16,30H,3-6H2,1-2H3,(H2,23,24,25,26). The van der Waals surface area contributed by atoms with Crippen molar-refractivity contribution >= 4 is 28.5 Å². The first-order chi connectivity index (χ1) is 14.5. The predicted octanol–water partition coefficient (Wildman–Crippen LogP) is 2.35. The van der Waals surface area contributed by atoms with E-state index in [9.17, 15) is 5.11 Å². The Morgan fingerprint density at radius 2 is 1.77 bits per heavy atom. The largest absolute Gasteiger partial charge is 0.393 e. The molecule has 0 saturated heterocycles. The number of aliphatic hydroxyl groups is 1. The van der Waals surface area contributed by atoms with E-state index < -0.39 is 0 Å². The van der Waals surface area contributed by atoms with Gasteiger partial charge in [0.25, 0.3) is 0 Å². The summed E-state index contributed by atoms with van der Waals surface area (Å²) in [5, 5.41) is 25.2. The van der Waals surface area contributed by atoms with Crippen molar-refractivity contribution < 1.29 is 5.11 Å². The van der Waals surface area contributed by atoms with Crippen LogP contribution >= 0.6 is 0 Å². The minimum absolute atomic E-state index is 0.199. The average molecular weight is 407 g/mol. The third kappa shape index (κ3) is 3.61. The highest BCUT2D eigenvalue weighted by Crippen LogP contribution is 2.30. The number of fused-ring (bicyclic) bond motifs is 1. The van der Waals surface area contributed by atoms with Gasteiger partial charge in [0.05, 0.1) is 35.4 Å². The fraction of sp³-hybridized carbons (Fsp3) is 0.400. The van der Waals surface area contributed by atoms with E-state index in [0.29, 0.717) is 5.95 Å². The van der Waals surface area contributed by atoms with Gasteiger partial charge in [0.2, 0.25) is 5.95 Å². The normalized spacial score (nSPS) is 19.3. The average Bonchev–Trinajstić information content (AvgIpc) is 3.44. The maximum absolute atomic E-state index is 9.85. The molecule has 1 aliphatic rings. The first-order valence-electron chi connectivity index (χ1n) is 10.1. The lowest BCUT2D eigenvalue weighted by Gasteiger charge is -2.27. The van der Waals surface area contributed by atoms with Gasteiger partial charge in [-0.3, -0.25) is 9.36 Å². The van der Waals surface area contributed by atoms with Gasteiger partial charge in [-0.1, -0.05) is 0 Å². The van der Waals surface area contributed by atoms with E-state index in [1.54, 1.807) is 15.6 Å². The van der Waals surface area contributed by atoms with Gasteiger partial charge in [-0.05, 0) is 31.7 Å². The van der Waals surface area contributed by atoms with Crippen molar-refractivity contribution in [2.75, 3.05) is 10.6 Å². The number of hydrogen-bond donors (Lipinski definition) is 3. The topological polar surface area (TPSA) is 111 Å². The maximum Gasteiger partial charge on any atom is 0.229 e. The van der Waals surface area contributed by atoms with E-state index in [-0.39, 0.29) is 12.1 Å². The monoisotopic (exact) mass is 407 g/mol. The van der Waals surface area contributed by atoms with Crippen molar-refractivity contribution in [3.8, 4) is 5.69 Å². The third-order valence-electron chi connectivity index (χ3n) is 5.50. The Morgan fingerprint density at radius 1 is 1.00 bits per heavy atom. The molecule has 10 heteroatoms. The summed E-state index contributed by atoms with van der Waals surface area (Å²) in [4.78, 5) is 9.51. The second-order valence-corrected chi connectivity index (χ2v) is 7.87. The molecule has 10 nitrogen and oxygen atoms in total. The zero-order valence-corrected chi connectivity index (χ0v) is 17.0. The van der Waals surface area contributed by atoms with Gasteiger partial charge in [-0.25, -0.2) is 4.98 Å². The van der Waals surface area contributed by atoms with Crippen LogP contribution in [-0.2, 0) is 14.1 Å². The fourth-order valence-corrected chi connectivity index (χ4v) is 3.98. The molecule has 4 aromatic heterocycles. The van der Waals surface area contributed by atoms with Crippen LogP contribution in [0.3, 0.4) is 0 Å². The first kappa shape index (κ1) is 18.6. The molecule has 0 bridgehead atoms. The Balaban J connectivity index is 1.55. The van der Waals surface area contributed by atoms with Crippen molar-refractivity contribution in [2.24, 2.45) is 14.1 Å². The number of nitrogens with zero attached hydrogens (tertiary/aromatic N) is 7. The molecule has 1 saturated carbocycles. The first-order valence-corrected chi connectivity index (χ1v) is 10.1. The van der Waals surface area contributed by atoms with Crippen molar-refractivity contribution in [3.05, 3.63) is 37.1 Å². The highest BCUT2D eigenvalue weighted by atomic mass is 16.3. The number of hydrogen-bond acceptors (Lipinski definition) is 7. The van der Waals surface area contributed by atoms with Crippen LogP contribution in [0.5, 0.6) is 0 Å². The number of aliphatic hydroxyl groups excluding tert-OH is 1. The molecule has 1 fully saturated rings. The van der Waals surface area contributed by atoms with Crippen LogP contribution in [0.4, 0.5) is 17.5 Å². The van der Waals surface area contributed by atoms with Gasteiger partial charge < -0.3 is 20.3 Å². The van der Waals surface area contributed by atoms with Gasteiger partial charge in [0.1, 0.15) is 5.52 Å². The number of aromatic nitrogens is 7. The van der Waals surface area contributed by atoms with Gasteiger partial charge in [0.15, 0.2) is 5.82 Å². The molecule has 0 atom stereocenters. The minimum atomic E-state index is -0.199. The Bertz CT molecular complexity index is 1170. The summed E-state index contributed by atoms with van der Waals surface area (Å²) in [6.45, 7) is 0. The fourth-order valence-electron chi connectivity index (χ4n) is 3.98. The molecule has 4 heterocycles. The Kier molecular flexibility index (Phi) is 4.62. The van der Waals surface area contributed by atoms with Crippen molar-refractivity contribution in [1.29, 1.82) is 0 Å². The van der Waals surface area contributed by atoms with Gasteiger partial charge >= 0.3 is 0 Å². The smallest absolute Gasteiger partial charge is 0.229 e. The summed E-state index contributed by atoms with van der Waals surface area (Å²) in [5.74, 6) is 1.28. The molecule has 4 aromatic rings. The van der Waals surface area contributed by atoms with E-state index >= 15 is 0 Å². The molecule has 1 aliphatic carbocycles. The van der Waals surface area contributed by atoms with Crippen LogP contribution in [0, 0.1) is 0 Å². The Labute approximate surface area is 173 Å². The molecule has 0 spiro atoms. The second kappa shape index (κ2) is 7.45. The van der Waals surface area contributed by atoms with Crippen molar-refractivity contribution in [1.82, 2.24) is 34.1 Å². The van der Waals surface area contributed by atoms with Crippen LogP contribution in [0.2, 0.25) is 0 Å². The van der Waals surface area contributed by atoms with Gasteiger partial charge in [-0.15, -0.1) is 0 Å². The molecule has 156 valence electrons. The summed E-state index contributed by atoms with van der Waals surface area (Å²) in [6.07, 6.45) is 12.6. The van der Waals surface area contributed by atoms with Gasteiger partial charge in [-0.2, -0.15) is 15.2 Å². The van der Waals surface area contributed by atoms with Crippen LogP contribution in [0.15, 0.2) is 37.1 Å². The zero-order valence-electron chi connectivity index (χ0n) is 17.0. The lowest BCUT2D eigenvalue weighted by Crippen LogP contribution is -2.28. The Morgan fingerprint density at radius 3 is 2.47 bits per heavy atom. The van der Waals surface area contributed by atoms with Crippen LogP contribution in [0.1, 0.15) is 25.7 Å². The molecule has 0 radical (unpaired) electrons. The van der Waals surface area contributed by atoms with Crippen molar-refractivity contribution in [2.45, 2.75) is 37.8 Å². The van der Waals surface area contributed by atoms with Crippen LogP contribution in [0.25, 0.3) is 16.7 Å². The minimum Gasteiger partial charge on any atom is -0.393 e. The lowest BCUT2D eigenvalue weighted by atomic mass is 9.93. The number of anilines is 3. The molecular formula is C20H25N9O. The number of aryl methyl sites for hydroxylation is 2. The van der Waals surface area contributed by atoms with Crippen LogP contribution < -0.4 is 10.6 Å². The molecule has 30 heavy (non-hydrogen) atoms. The summed E-state index contributed by atoms with van der Waals surface area (Å²) in [6, 6.07) is 2.24. The number of nitrogens with one attached hydrogen (secondary N) is 2. The van der Waals surface area contributed by atoms with E-state index in [1.807, 2.05) is 44.9 Å². The third-order valence-corrected chi connectivity index (χ3v) is 5.50. The van der Waals surface area contributed by atoms with E-state index in [4.69, 9.17) is 9.97 Å². The second-order valence-electron chi connectivity index (χ2n) is 7.87. The summed E-state index contributed by atoms with van der Waals surface area (Å²) in [5.41, 5.74) is 3.52. The van der Waals surface area contributed by atoms with Crippen molar-refractivity contribution in [3.63, 3.8) is 0 Å². The molecular weight excluding hydrogens is 382 g/mol. The van der Waals surface area contributed by atoms with E-state index in [1.165, 1.54) is 0 Å². The molecule has 0 amide bonds. The Hall–Kier alpha value is -3.40. The lowest BCUT2D eigenvalue weighted by molar-refractivity contribution is 0.126. The molecule has 3 N–H and O–H groups in total. The summed E-state index contributed by atoms with van der Waals surface area (Å²) in [7, 11) is 3.77. The highest BCUT2D eigenvalue weighted by Gasteiger charge is 2.22. The molecule has 5 rings (SSSR count). The SMILES string of the molecule is Cn1cc(Nc2nc(NC3CCC(O)CC3)c3c(ccn3-c3cnn(C)c3)n2)cn1. The highest BCUT2D eigenvalue weighted by molar-refractivity contribution is 5.89. The van der Waals surface area contributed by atoms with Crippen LogP contribution in [-0.4, -0.2) is 51.3 Å². The molecule has 0 aromatic carbocycles. The van der Waals surface area contributed by atoms with Gasteiger partial charge in [0, 0.05) is 38.7 Å².